The zero-order valence-corrected chi connectivity index (χ0v) is 21.3. The zero-order chi connectivity index (χ0) is 26.4. The smallest absolute Gasteiger partial charge is 0.405 e. The first-order chi connectivity index (χ1) is 17.9. The standard InChI is InChI=1S/C26H28N4O6S/c1-35-15-12-30-21-16-20(6-7-22(21)37-25(30)34)19-4-2-18(3-5-19)8-11-29(17-27)23(31)26(28-24(32)33)9-13-36-14-10-26/h2-7,16,28H,8-15H2,1H3,(H,32,33). The minimum Gasteiger partial charge on any atom is -0.465 e. The molecule has 0 saturated carbocycles. The normalized spacial score (nSPS) is 14.7. The van der Waals surface area contributed by atoms with Gasteiger partial charge in [-0.2, -0.15) is 5.26 Å². The Kier molecular flexibility index (Phi) is 8.23. The molecule has 2 N–H and O–H groups in total. The van der Waals surface area contributed by atoms with Crippen LogP contribution in [0.4, 0.5) is 4.79 Å². The van der Waals surface area contributed by atoms with E-state index in [0.717, 1.165) is 31.8 Å². The van der Waals surface area contributed by atoms with Crippen molar-refractivity contribution in [3.63, 3.8) is 0 Å². The van der Waals surface area contributed by atoms with Crippen LogP contribution >= 0.6 is 11.3 Å². The maximum absolute atomic E-state index is 13.1. The van der Waals surface area contributed by atoms with Gasteiger partial charge < -0.3 is 19.9 Å². The van der Waals surface area contributed by atoms with Gasteiger partial charge in [-0.25, -0.2) is 9.69 Å². The van der Waals surface area contributed by atoms with Gasteiger partial charge in [-0.15, -0.1) is 0 Å². The molecule has 2 amide bonds. The van der Waals surface area contributed by atoms with Gasteiger partial charge in [0.1, 0.15) is 5.54 Å². The number of ether oxygens (including phenoxy) is 2. The number of nitrogens with one attached hydrogen (secondary N) is 1. The molecule has 2 heterocycles. The van der Waals surface area contributed by atoms with E-state index in [0.29, 0.717) is 19.6 Å². The number of amides is 2. The van der Waals surface area contributed by atoms with E-state index in [9.17, 15) is 24.8 Å². The number of methoxy groups -OCH3 is 1. The molecule has 1 aliphatic heterocycles. The van der Waals surface area contributed by atoms with Gasteiger partial charge in [-0.1, -0.05) is 41.7 Å². The molecule has 3 aromatic rings. The summed E-state index contributed by atoms with van der Waals surface area (Å²) >= 11 is 1.21. The van der Waals surface area contributed by atoms with E-state index in [2.05, 4.69) is 5.32 Å². The Labute approximate surface area is 217 Å². The van der Waals surface area contributed by atoms with Gasteiger partial charge in [0, 0.05) is 39.7 Å². The van der Waals surface area contributed by atoms with E-state index in [1.54, 1.807) is 11.7 Å². The fraction of sp³-hybridized carbons (Fsp3) is 0.385. The number of nitriles is 1. The van der Waals surface area contributed by atoms with Crippen LogP contribution in [-0.4, -0.2) is 65.6 Å². The number of carboxylic acid groups (broad SMARTS) is 1. The van der Waals surface area contributed by atoms with Gasteiger partial charge in [0.2, 0.25) is 0 Å². The number of benzene rings is 2. The number of carbonyl (C=O) groups is 2. The van der Waals surface area contributed by atoms with Crippen LogP contribution in [0.3, 0.4) is 0 Å². The Morgan fingerprint density at radius 2 is 1.92 bits per heavy atom. The molecule has 0 aliphatic carbocycles. The molecule has 2 aromatic carbocycles. The van der Waals surface area contributed by atoms with Crippen LogP contribution < -0.4 is 10.2 Å². The van der Waals surface area contributed by atoms with E-state index >= 15 is 0 Å². The predicted molar refractivity (Wildman–Crippen MR) is 138 cm³/mol. The van der Waals surface area contributed by atoms with Crippen molar-refractivity contribution in [2.75, 3.05) is 33.5 Å². The Balaban J connectivity index is 1.47. The SMILES string of the molecule is COCCn1c(=O)sc2ccc(-c3ccc(CCN(C#N)C(=O)C4(NC(=O)O)CCOCC4)cc3)cc21. The molecule has 4 rings (SSSR count). The van der Waals surface area contributed by atoms with Crippen LogP contribution in [0.25, 0.3) is 21.3 Å². The van der Waals surface area contributed by atoms with Crippen molar-refractivity contribution >= 4 is 33.6 Å². The van der Waals surface area contributed by atoms with E-state index in [-0.39, 0.29) is 37.5 Å². The lowest BCUT2D eigenvalue weighted by Gasteiger charge is -2.37. The Bertz CT molecular complexity index is 1370. The Morgan fingerprint density at radius 3 is 2.57 bits per heavy atom. The van der Waals surface area contributed by atoms with Crippen LogP contribution in [0.2, 0.25) is 0 Å². The zero-order valence-electron chi connectivity index (χ0n) is 20.4. The largest absolute Gasteiger partial charge is 0.465 e. The van der Waals surface area contributed by atoms with Crippen molar-refractivity contribution in [1.29, 1.82) is 5.26 Å². The summed E-state index contributed by atoms with van der Waals surface area (Å²) in [6.07, 6.45) is 1.40. The van der Waals surface area contributed by atoms with E-state index in [4.69, 9.17) is 9.47 Å². The number of hydrogen-bond donors (Lipinski definition) is 2. The molecule has 0 bridgehead atoms. The summed E-state index contributed by atoms with van der Waals surface area (Å²) in [5, 5.41) is 21.2. The summed E-state index contributed by atoms with van der Waals surface area (Å²) in [4.78, 5) is 37.8. The molecular weight excluding hydrogens is 496 g/mol. The molecule has 10 nitrogen and oxygen atoms in total. The van der Waals surface area contributed by atoms with E-state index in [1.807, 2.05) is 48.7 Å². The van der Waals surface area contributed by atoms with Gasteiger partial charge in [0.25, 0.3) is 5.91 Å². The first-order valence-electron chi connectivity index (χ1n) is 11.9. The van der Waals surface area contributed by atoms with E-state index < -0.39 is 17.5 Å². The summed E-state index contributed by atoms with van der Waals surface area (Å²) in [5.74, 6) is -0.555. The van der Waals surface area contributed by atoms with Crippen molar-refractivity contribution in [3.8, 4) is 17.3 Å². The molecule has 0 radical (unpaired) electrons. The summed E-state index contributed by atoms with van der Waals surface area (Å²) in [6, 6.07) is 13.7. The van der Waals surface area contributed by atoms with Crippen molar-refractivity contribution in [2.24, 2.45) is 0 Å². The van der Waals surface area contributed by atoms with Crippen LogP contribution in [-0.2, 0) is 27.2 Å². The van der Waals surface area contributed by atoms with Crippen LogP contribution in [0.15, 0.2) is 47.3 Å². The molecule has 37 heavy (non-hydrogen) atoms. The maximum atomic E-state index is 13.1. The fourth-order valence-electron chi connectivity index (χ4n) is 4.51. The minimum atomic E-state index is -1.35. The summed E-state index contributed by atoms with van der Waals surface area (Å²) < 4.78 is 13.1. The van der Waals surface area contributed by atoms with Crippen molar-refractivity contribution in [1.82, 2.24) is 14.8 Å². The Hall–Kier alpha value is -3.72. The van der Waals surface area contributed by atoms with Gasteiger partial charge in [-0.3, -0.25) is 14.2 Å². The van der Waals surface area contributed by atoms with Crippen LogP contribution in [0.5, 0.6) is 0 Å². The second kappa shape index (κ2) is 11.6. The molecular formula is C26H28N4O6S. The number of thiazole rings is 1. The third-order valence-corrected chi connectivity index (χ3v) is 7.53. The fourth-order valence-corrected chi connectivity index (χ4v) is 5.41. The second-order valence-electron chi connectivity index (χ2n) is 8.82. The predicted octanol–water partition coefficient (Wildman–Crippen LogP) is 3.05. The first-order valence-corrected chi connectivity index (χ1v) is 12.7. The highest BCUT2D eigenvalue weighted by Crippen LogP contribution is 2.27. The van der Waals surface area contributed by atoms with Crippen LogP contribution in [0.1, 0.15) is 18.4 Å². The molecule has 194 valence electrons. The summed E-state index contributed by atoms with van der Waals surface area (Å²) in [5.41, 5.74) is 2.39. The first kappa shape index (κ1) is 26.3. The number of nitrogens with zero attached hydrogens (tertiary/aromatic N) is 3. The van der Waals surface area contributed by atoms with Gasteiger partial charge in [0.05, 0.1) is 23.4 Å². The van der Waals surface area contributed by atoms with E-state index in [1.165, 1.54) is 11.3 Å². The molecule has 1 fully saturated rings. The Morgan fingerprint density at radius 1 is 1.22 bits per heavy atom. The number of aromatic nitrogens is 1. The van der Waals surface area contributed by atoms with Crippen LogP contribution in [0, 0.1) is 11.5 Å². The highest BCUT2D eigenvalue weighted by molar-refractivity contribution is 7.16. The van der Waals surface area contributed by atoms with Crippen molar-refractivity contribution in [3.05, 3.63) is 57.7 Å². The number of rotatable bonds is 9. The average molecular weight is 525 g/mol. The molecule has 1 aromatic heterocycles. The molecule has 0 unspecified atom stereocenters. The third kappa shape index (κ3) is 5.83. The topological polar surface area (TPSA) is 134 Å². The molecule has 1 saturated heterocycles. The van der Waals surface area contributed by atoms with Gasteiger partial charge in [-0.05, 0) is 35.2 Å². The molecule has 0 spiro atoms. The second-order valence-corrected chi connectivity index (χ2v) is 9.82. The average Bonchev–Trinajstić information content (AvgIpc) is 3.22. The van der Waals surface area contributed by atoms with Crippen molar-refractivity contribution < 1.29 is 24.2 Å². The number of fused-ring (bicyclic) bond motifs is 1. The van der Waals surface area contributed by atoms with Crippen molar-refractivity contribution in [2.45, 2.75) is 31.3 Å². The van der Waals surface area contributed by atoms with Gasteiger partial charge in [0.15, 0.2) is 6.19 Å². The summed E-state index contributed by atoms with van der Waals surface area (Å²) in [7, 11) is 1.61. The maximum Gasteiger partial charge on any atom is 0.405 e. The lowest BCUT2D eigenvalue weighted by molar-refractivity contribution is -0.139. The quantitative estimate of drug-likeness (QED) is 0.325. The number of carbonyl (C=O) groups excluding carboxylic acids is 1. The highest BCUT2D eigenvalue weighted by Gasteiger charge is 2.44. The third-order valence-electron chi connectivity index (χ3n) is 6.57. The monoisotopic (exact) mass is 524 g/mol. The number of hydrogen-bond acceptors (Lipinski definition) is 7. The molecule has 1 aliphatic rings. The lowest BCUT2D eigenvalue weighted by atomic mass is 9.88. The summed E-state index contributed by atoms with van der Waals surface area (Å²) in [6.45, 7) is 1.56. The minimum absolute atomic E-state index is 0.0165. The van der Waals surface area contributed by atoms with Gasteiger partial charge >= 0.3 is 11.0 Å². The molecule has 0 atom stereocenters. The molecule has 11 heteroatoms. The lowest BCUT2D eigenvalue weighted by Crippen LogP contribution is -2.61. The highest BCUT2D eigenvalue weighted by atomic mass is 32.1.